The van der Waals surface area contributed by atoms with E-state index in [1.807, 2.05) is 0 Å². The summed E-state index contributed by atoms with van der Waals surface area (Å²) in [6.45, 7) is 13.5. The molecule has 0 fully saturated rings. The first-order valence-electron chi connectivity index (χ1n) is 2.93. The van der Waals surface area contributed by atoms with Crippen molar-refractivity contribution in [2.24, 2.45) is 0 Å². The van der Waals surface area contributed by atoms with Crippen LogP contribution in [0, 0.1) is 0 Å². The third-order valence-corrected chi connectivity index (χ3v) is 0.883. The molecule has 0 amide bonds. The van der Waals surface area contributed by atoms with Gasteiger partial charge in [-0.2, -0.15) is 0 Å². The van der Waals surface area contributed by atoms with Crippen molar-refractivity contribution < 1.29 is 31.5 Å². The summed E-state index contributed by atoms with van der Waals surface area (Å²) < 4.78 is 0. The maximum absolute atomic E-state index is 7.50. The Labute approximate surface area is 89.4 Å². The number of allylic oxidation sites excluding steroid dienone is 4. The van der Waals surface area contributed by atoms with Crippen LogP contribution < -0.4 is 0 Å². The van der Waals surface area contributed by atoms with Crippen LogP contribution in [0.3, 0.4) is 0 Å². The zero-order chi connectivity index (χ0) is 10.2. The average molecular weight is 220 g/mol. The number of carbonyl (C=O) groups excluding carboxylic acids is 3. The van der Waals surface area contributed by atoms with Crippen LogP contribution in [0.4, 0.5) is 0 Å². The van der Waals surface area contributed by atoms with Crippen molar-refractivity contribution in [3.63, 3.8) is 0 Å². The summed E-state index contributed by atoms with van der Waals surface area (Å²) in [5, 5.41) is 0. The molecule has 0 aromatic heterocycles. The van der Waals surface area contributed by atoms with Crippen LogP contribution in [0.2, 0.25) is 0 Å². The van der Waals surface area contributed by atoms with Gasteiger partial charge in [0.15, 0.2) is 0 Å². The maximum Gasteiger partial charge on any atom is 0.281 e. The van der Waals surface area contributed by atoms with Crippen LogP contribution in [0.1, 0.15) is 12.8 Å². The van der Waals surface area contributed by atoms with E-state index in [0.29, 0.717) is 0 Å². The van der Waals surface area contributed by atoms with Crippen molar-refractivity contribution in [3.05, 3.63) is 24.3 Å². The van der Waals surface area contributed by atoms with Gasteiger partial charge in [0, 0.05) is 17.1 Å². The van der Waals surface area contributed by atoms with E-state index < -0.39 is 0 Å². The molecule has 13 heavy (non-hydrogen) atoms. The average Bonchev–Trinajstić information content (AvgIpc) is 2.29. The molecule has 0 saturated heterocycles. The van der Waals surface area contributed by atoms with E-state index >= 15 is 0 Å². The summed E-state index contributed by atoms with van der Waals surface area (Å²) in [7, 11) is 0. The van der Waals surface area contributed by atoms with E-state index in [0.717, 1.165) is 0 Å². The van der Waals surface area contributed by atoms with Crippen molar-refractivity contribution in [1.82, 2.24) is 0 Å². The molecular weight excluding hydrogens is 212 g/mol. The van der Waals surface area contributed by atoms with Gasteiger partial charge < -0.3 is 0 Å². The van der Waals surface area contributed by atoms with Gasteiger partial charge in [-0.15, -0.1) is 0 Å². The Hall–Kier alpha value is -0.991. The predicted octanol–water partition coefficient (Wildman–Crippen LogP) is 0.699. The first kappa shape index (κ1) is 22.7. The van der Waals surface area contributed by atoms with Crippen molar-refractivity contribution in [2.75, 3.05) is 0 Å². The fraction of sp³-hybridized carbons (Fsp3) is 0.222. The number of rotatable bonds is 0. The first-order valence-corrected chi connectivity index (χ1v) is 2.93. The molecule has 70 valence electrons. The second kappa shape index (κ2) is 44.0. The molecule has 1 rings (SSSR count). The molecule has 6 radical (unpaired) electrons. The second-order valence-corrected chi connectivity index (χ2v) is 1.43. The van der Waals surface area contributed by atoms with Crippen LogP contribution in [-0.2, 0) is 31.5 Å². The largest absolute Gasteiger partial charge is 0.281 e. The van der Waals surface area contributed by atoms with Crippen molar-refractivity contribution in [1.29, 1.82) is 0 Å². The smallest absolute Gasteiger partial charge is 0.281 e. The minimum absolute atomic E-state index is 0. The molecule has 0 unspecified atom stereocenters. The van der Waals surface area contributed by atoms with E-state index in [2.05, 4.69) is 44.7 Å². The molecule has 0 spiro atoms. The van der Waals surface area contributed by atoms with Gasteiger partial charge in [0.1, 0.15) is 0 Å². The molecule has 0 heterocycles. The van der Waals surface area contributed by atoms with Gasteiger partial charge in [-0.05, 0) is 12.8 Å². The molecule has 0 N–H and O–H groups in total. The Kier molecular flexibility index (Phi) is 76.7. The standard InChI is InChI=1S/C6H8.3CO.Fe/c1-2-4-6-5-3-1;3*1-2;/h1-4H,5-6H2;;;;. The van der Waals surface area contributed by atoms with Crippen LogP contribution in [-0.4, -0.2) is 20.4 Å². The van der Waals surface area contributed by atoms with E-state index in [-0.39, 0.29) is 17.1 Å². The summed E-state index contributed by atoms with van der Waals surface area (Å²) >= 11 is 0. The van der Waals surface area contributed by atoms with Gasteiger partial charge >= 0.3 is 0 Å². The van der Waals surface area contributed by atoms with Gasteiger partial charge in [0.2, 0.25) is 0 Å². The summed E-state index contributed by atoms with van der Waals surface area (Å²) in [5.74, 6) is 0. The molecule has 0 aromatic rings. The normalized spacial score (nSPS) is 9.54. The van der Waals surface area contributed by atoms with Crippen LogP contribution >= 0.6 is 0 Å². The Bertz CT molecular complexity index is 107. The zero-order valence-electron chi connectivity index (χ0n) is 6.80. The summed E-state index contributed by atoms with van der Waals surface area (Å²) in [4.78, 5) is 22.5. The van der Waals surface area contributed by atoms with Crippen LogP contribution in [0.15, 0.2) is 24.3 Å². The van der Waals surface area contributed by atoms with Gasteiger partial charge in [-0.1, -0.05) is 24.3 Å². The molecule has 1 aliphatic rings. The summed E-state index contributed by atoms with van der Waals surface area (Å²) in [6, 6.07) is 0. The van der Waals surface area contributed by atoms with Crippen LogP contribution in [0.25, 0.3) is 0 Å². The SMILES string of the molecule is C1=CCCC=C1.[C]=O.[C]=O.[C]=O.[Fe]. The second-order valence-electron chi connectivity index (χ2n) is 1.43. The number of hydrogen-bond donors (Lipinski definition) is 0. The predicted molar refractivity (Wildman–Crippen MR) is 44.6 cm³/mol. The van der Waals surface area contributed by atoms with E-state index in [1.54, 1.807) is 0 Å². The molecule has 0 aliphatic heterocycles. The minimum Gasteiger partial charge on any atom is -0.281 e. The van der Waals surface area contributed by atoms with Crippen molar-refractivity contribution >= 4 is 20.4 Å². The molecule has 3 nitrogen and oxygen atoms in total. The molecule has 4 heteroatoms. The fourth-order valence-electron chi connectivity index (χ4n) is 0.542. The Morgan fingerprint density at radius 1 is 0.692 bits per heavy atom. The van der Waals surface area contributed by atoms with Crippen molar-refractivity contribution in [3.8, 4) is 0 Å². The van der Waals surface area contributed by atoms with Gasteiger partial charge in [-0.3, -0.25) is 14.4 Å². The van der Waals surface area contributed by atoms with Crippen molar-refractivity contribution in [2.45, 2.75) is 12.8 Å². The van der Waals surface area contributed by atoms with E-state index in [9.17, 15) is 0 Å². The van der Waals surface area contributed by atoms with Crippen LogP contribution in [0.5, 0.6) is 0 Å². The van der Waals surface area contributed by atoms with Gasteiger partial charge in [0.25, 0.3) is 20.4 Å². The van der Waals surface area contributed by atoms with Gasteiger partial charge in [0.05, 0.1) is 0 Å². The summed E-state index contributed by atoms with van der Waals surface area (Å²) in [5.41, 5.74) is 0. The Morgan fingerprint density at radius 3 is 1.00 bits per heavy atom. The Balaban J connectivity index is -0.0000000508. The molecule has 0 saturated carbocycles. The minimum atomic E-state index is 0. The number of hydrogen-bond acceptors (Lipinski definition) is 3. The molecule has 0 aromatic carbocycles. The molecular formula is C9H8FeO3. The van der Waals surface area contributed by atoms with Gasteiger partial charge in [-0.25, -0.2) is 0 Å². The third kappa shape index (κ3) is 35.6. The third-order valence-electron chi connectivity index (χ3n) is 0.883. The van der Waals surface area contributed by atoms with E-state index in [1.165, 1.54) is 12.8 Å². The molecule has 1 aliphatic carbocycles. The first-order chi connectivity index (χ1) is 6.00. The maximum atomic E-state index is 7.50. The molecule has 0 bridgehead atoms. The Morgan fingerprint density at radius 2 is 0.923 bits per heavy atom. The quantitative estimate of drug-likeness (QED) is 0.564. The zero-order valence-corrected chi connectivity index (χ0v) is 7.91. The topological polar surface area (TPSA) is 51.2 Å². The summed E-state index contributed by atoms with van der Waals surface area (Å²) in [6.07, 6.45) is 11.0. The molecule has 0 atom stereocenters. The fourth-order valence-corrected chi connectivity index (χ4v) is 0.542. The monoisotopic (exact) mass is 220 g/mol. The van der Waals surface area contributed by atoms with E-state index in [4.69, 9.17) is 14.4 Å².